The first-order valence-corrected chi connectivity index (χ1v) is 6.30. The Morgan fingerprint density at radius 1 is 1.42 bits per heavy atom. The highest BCUT2D eigenvalue weighted by Crippen LogP contribution is 2.20. The number of benzene rings is 1. The quantitative estimate of drug-likeness (QED) is 0.900. The smallest absolute Gasteiger partial charge is 0.424 e. The molecule has 0 bridgehead atoms. The average Bonchev–Trinajstić information content (AvgIpc) is 2.78. The normalized spacial score (nSPS) is 20.2. The van der Waals surface area contributed by atoms with E-state index in [0.717, 1.165) is 5.56 Å². The van der Waals surface area contributed by atoms with Crippen LogP contribution in [0, 0.1) is 17.2 Å². The third-order valence-electron chi connectivity index (χ3n) is 3.21. The number of amides is 1. The molecule has 100 valence electrons. The second kappa shape index (κ2) is 5.72. The lowest BCUT2D eigenvalue weighted by Gasteiger charge is -2.27. The zero-order chi connectivity index (χ0) is 13.8. The number of hydrogen-bond acceptors (Lipinski definition) is 4. The Labute approximate surface area is 112 Å². The molecule has 5 heteroatoms. The Kier molecular flexibility index (Phi) is 4.03. The van der Waals surface area contributed by atoms with E-state index in [-0.39, 0.29) is 12.0 Å². The van der Waals surface area contributed by atoms with E-state index in [4.69, 9.17) is 4.74 Å². The first-order valence-electron chi connectivity index (χ1n) is 6.30. The summed E-state index contributed by atoms with van der Waals surface area (Å²) in [4.78, 5) is 11.7. The Hall–Kier alpha value is -2.06. The highest BCUT2D eigenvalue weighted by molar-refractivity contribution is 5.69. The lowest BCUT2D eigenvalue weighted by molar-refractivity contribution is 0.129. The summed E-state index contributed by atoms with van der Waals surface area (Å²) in [7, 11) is 0. The van der Waals surface area contributed by atoms with E-state index >= 15 is 0 Å². The topological polar surface area (TPSA) is 65.4 Å². The van der Waals surface area contributed by atoms with Crippen molar-refractivity contribution < 1.29 is 9.53 Å². The van der Waals surface area contributed by atoms with Crippen LogP contribution in [0.1, 0.15) is 25.5 Å². The monoisotopic (exact) mass is 259 g/mol. The second-order valence-electron chi connectivity index (χ2n) is 4.86. The molecule has 5 nitrogen and oxygen atoms in total. The average molecular weight is 259 g/mol. The fourth-order valence-electron chi connectivity index (χ4n) is 2.04. The number of nitrogens with one attached hydrogen (secondary N) is 1. The Bertz CT molecular complexity index is 481. The van der Waals surface area contributed by atoms with Crippen LogP contribution < -0.4 is 5.43 Å². The molecule has 1 heterocycles. The molecule has 1 saturated heterocycles. The van der Waals surface area contributed by atoms with E-state index in [9.17, 15) is 10.1 Å². The predicted molar refractivity (Wildman–Crippen MR) is 69.7 cm³/mol. The fraction of sp³-hybridized carbons (Fsp3) is 0.429. The number of hydrazine groups is 1. The number of carbonyl (C=O) groups is 1. The fourth-order valence-corrected chi connectivity index (χ4v) is 2.04. The molecule has 1 aliphatic rings. The van der Waals surface area contributed by atoms with Crippen molar-refractivity contribution in [2.75, 3.05) is 6.61 Å². The highest BCUT2D eigenvalue weighted by atomic mass is 16.6. The summed E-state index contributed by atoms with van der Waals surface area (Å²) in [5.74, 6) is 0.258. The van der Waals surface area contributed by atoms with Gasteiger partial charge in [0.25, 0.3) is 0 Å². The van der Waals surface area contributed by atoms with Crippen molar-refractivity contribution in [3.8, 4) is 6.07 Å². The molecule has 1 aliphatic heterocycles. The second-order valence-corrected chi connectivity index (χ2v) is 4.86. The van der Waals surface area contributed by atoms with Gasteiger partial charge >= 0.3 is 6.09 Å². The van der Waals surface area contributed by atoms with Gasteiger partial charge in [0.15, 0.2) is 0 Å². The van der Waals surface area contributed by atoms with Crippen molar-refractivity contribution in [2.24, 2.45) is 5.92 Å². The minimum absolute atomic E-state index is 0.0490. The molecule has 1 aromatic carbocycles. The molecule has 0 radical (unpaired) electrons. The first kappa shape index (κ1) is 13.4. The molecule has 1 N–H and O–H groups in total. The number of nitriles is 1. The minimum atomic E-state index is -0.562. The maximum absolute atomic E-state index is 11.7. The summed E-state index contributed by atoms with van der Waals surface area (Å²) in [5, 5.41) is 10.7. The standard InChI is InChI=1S/C14H17N3O2/c1-10(2)13-9-19-14(18)17(13)16-12(8-15)11-6-4-3-5-7-11/h3-7,10,12-13,16H,9H2,1-2H3/t12-,13+/m0/s1. The third-order valence-corrected chi connectivity index (χ3v) is 3.21. The summed E-state index contributed by atoms with van der Waals surface area (Å²) >= 11 is 0. The molecule has 0 unspecified atom stereocenters. The molecule has 1 amide bonds. The molecule has 0 aliphatic carbocycles. The molecule has 19 heavy (non-hydrogen) atoms. The van der Waals surface area contributed by atoms with E-state index in [1.54, 1.807) is 0 Å². The largest absolute Gasteiger partial charge is 0.446 e. The van der Waals surface area contributed by atoms with Gasteiger partial charge in [-0.25, -0.2) is 15.2 Å². The zero-order valence-corrected chi connectivity index (χ0v) is 11.0. The van der Waals surface area contributed by atoms with Gasteiger partial charge < -0.3 is 4.74 Å². The number of ether oxygens (including phenoxy) is 1. The van der Waals surface area contributed by atoms with Gasteiger partial charge in [0, 0.05) is 0 Å². The maximum Gasteiger partial charge on any atom is 0.424 e. The Morgan fingerprint density at radius 3 is 2.68 bits per heavy atom. The predicted octanol–water partition coefficient (Wildman–Crippen LogP) is 2.23. The minimum Gasteiger partial charge on any atom is -0.446 e. The van der Waals surface area contributed by atoms with E-state index in [1.165, 1.54) is 5.01 Å². The third kappa shape index (κ3) is 2.85. The van der Waals surface area contributed by atoms with Crippen molar-refractivity contribution in [2.45, 2.75) is 25.9 Å². The Balaban J connectivity index is 2.14. The van der Waals surface area contributed by atoms with Crippen LogP contribution in [0.25, 0.3) is 0 Å². The lowest BCUT2D eigenvalue weighted by Crippen LogP contribution is -2.48. The van der Waals surface area contributed by atoms with Crippen molar-refractivity contribution in [1.29, 1.82) is 5.26 Å². The molecule has 0 spiro atoms. The van der Waals surface area contributed by atoms with Gasteiger partial charge in [0.2, 0.25) is 0 Å². The first-order chi connectivity index (χ1) is 9.13. The number of nitrogens with zero attached hydrogens (tertiary/aromatic N) is 2. The summed E-state index contributed by atoms with van der Waals surface area (Å²) < 4.78 is 5.04. The van der Waals surface area contributed by atoms with Crippen molar-refractivity contribution >= 4 is 6.09 Å². The molecule has 0 saturated carbocycles. The summed E-state index contributed by atoms with van der Waals surface area (Å²) in [6.07, 6.45) is -0.421. The van der Waals surface area contributed by atoms with Crippen LogP contribution in [0.15, 0.2) is 30.3 Å². The maximum atomic E-state index is 11.7. The van der Waals surface area contributed by atoms with E-state index < -0.39 is 12.1 Å². The number of hydrogen-bond donors (Lipinski definition) is 1. The van der Waals surface area contributed by atoms with Gasteiger partial charge in [0.1, 0.15) is 12.6 Å². The molecular formula is C14H17N3O2. The molecule has 2 rings (SSSR count). The summed E-state index contributed by atoms with van der Waals surface area (Å²) in [6, 6.07) is 10.9. The van der Waals surface area contributed by atoms with E-state index in [0.29, 0.717) is 6.61 Å². The lowest BCUT2D eigenvalue weighted by atomic mass is 10.1. The highest BCUT2D eigenvalue weighted by Gasteiger charge is 2.36. The van der Waals surface area contributed by atoms with E-state index in [2.05, 4.69) is 11.5 Å². The van der Waals surface area contributed by atoms with Crippen LogP contribution in [0.2, 0.25) is 0 Å². The van der Waals surface area contributed by atoms with Crippen LogP contribution in [0.3, 0.4) is 0 Å². The SMILES string of the molecule is CC(C)[C@H]1COC(=O)N1N[C@@H](C#N)c1ccccc1. The number of rotatable bonds is 4. The summed E-state index contributed by atoms with van der Waals surface area (Å²) in [6.45, 7) is 4.40. The van der Waals surface area contributed by atoms with Gasteiger partial charge in [-0.05, 0) is 11.5 Å². The van der Waals surface area contributed by atoms with Gasteiger partial charge in [-0.3, -0.25) is 0 Å². The van der Waals surface area contributed by atoms with Gasteiger partial charge in [-0.2, -0.15) is 5.26 Å². The number of carbonyl (C=O) groups excluding carboxylic acids is 1. The van der Waals surface area contributed by atoms with Crippen molar-refractivity contribution in [1.82, 2.24) is 10.4 Å². The number of cyclic esters (lactones) is 1. The van der Waals surface area contributed by atoms with Crippen LogP contribution in [0.5, 0.6) is 0 Å². The molecule has 1 aromatic rings. The van der Waals surface area contributed by atoms with Crippen molar-refractivity contribution in [3.63, 3.8) is 0 Å². The Morgan fingerprint density at radius 2 is 2.11 bits per heavy atom. The van der Waals surface area contributed by atoms with Crippen LogP contribution in [0.4, 0.5) is 4.79 Å². The molecule has 1 fully saturated rings. The zero-order valence-electron chi connectivity index (χ0n) is 11.0. The van der Waals surface area contributed by atoms with E-state index in [1.807, 2.05) is 44.2 Å². The van der Waals surface area contributed by atoms with Crippen LogP contribution in [-0.4, -0.2) is 23.8 Å². The van der Waals surface area contributed by atoms with Crippen molar-refractivity contribution in [3.05, 3.63) is 35.9 Å². The van der Waals surface area contributed by atoms with Gasteiger partial charge in [-0.1, -0.05) is 44.2 Å². The van der Waals surface area contributed by atoms with Gasteiger partial charge in [-0.15, -0.1) is 0 Å². The van der Waals surface area contributed by atoms with Gasteiger partial charge in [0.05, 0.1) is 12.1 Å². The molecular weight excluding hydrogens is 242 g/mol. The molecule has 0 aromatic heterocycles. The molecule has 2 atom stereocenters. The van der Waals surface area contributed by atoms with Crippen LogP contribution >= 0.6 is 0 Å². The van der Waals surface area contributed by atoms with Crippen LogP contribution in [-0.2, 0) is 4.74 Å². The summed E-state index contributed by atoms with van der Waals surface area (Å²) in [5.41, 5.74) is 3.79.